The molecule has 1 heterocycles. The van der Waals surface area contributed by atoms with Crippen molar-refractivity contribution in [2.45, 2.75) is 33.1 Å². The lowest BCUT2D eigenvalue weighted by molar-refractivity contribution is -0.124. The predicted octanol–water partition coefficient (Wildman–Crippen LogP) is 3.10. The van der Waals surface area contributed by atoms with Crippen LogP contribution in [0.3, 0.4) is 0 Å². The van der Waals surface area contributed by atoms with Crippen molar-refractivity contribution in [3.8, 4) is 5.75 Å². The van der Waals surface area contributed by atoms with Crippen LogP contribution < -0.4 is 4.74 Å². The molecule has 3 nitrogen and oxygen atoms in total. The van der Waals surface area contributed by atoms with Crippen LogP contribution in [0.25, 0.3) is 0 Å². The van der Waals surface area contributed by atoms with Crippen molar-refractivity contribution in [3.63, 3.8) is 0 Å². The first-order chi connectivity index (χ1) is 9.08. The number of carbonyl (C=O) groups excluding carboxylic acids is 1. The van der Waals surface area contributed by atoms with Gasteiger partial charge in [0, 0.05) is 12.5 Å². The van der Waals surface area contributed by atoms with Gasteiger partial charge in [-0.25, -0.2) is 0 Å². The van der Waals surface area contributed by atoms with Crippen molar-refractivity contribution >= 4 is 5.78 Å². The second-order valence-electron chi connectivity index (χ2n) is 5.50. The summed E-state index contributed by atoms with van der Waals surface area (Å²) >= 11 is 0. The molecule has 3 heteroatoms. The lowest BCUT2D eigenvalue weighted by Gasteiger charge is -2.13. The number of hydrogen-bond acceptors (Lipinski definition) is 3. The molecular formula is C16H22O3. The van der Waals surface area contributed by atoms with E-state index in [1.54, 1.807) is 0 Å². The van der Waals surface area contributed by atoms with Gasteiger partial charge < -0.3 is 9.47 Å². The largest absolute Gasteiger partial charge is 0.486 e. The second-order valence-corrected chi connectivity index (χ2v) is 5.50. The molecule has 1 atom stereocenters. The number of hydrogen-bond donors (Lipinski definition) is 0. The van der Waals surface area contributed by atoms with E-state index in [2.05, 4.69) is 19.9 Å². The Balaban J connectivity index is 1.98. The molecule has 1 unspecified atom stereocenters. The third-order valence-corrected chi connectivity index (χ3v) is 3.63. The molecule has 0 saturated carbocycles. The monoisotopic (exact) mass is 262 g/mol. The zero-order chi connectivity index (χ0) is 13.8. The molecule has 104 valence electrons. The number of carbonyl (C=O) groups is 1. The fraction of sp³-hybridized carbons (Fsp3) is 0.562. The number of rotatable bonds is 5. The Morgan fingerprint density at radius 3 is 2.89 bits per heavy atom. The first-order valence-corrected chi connectivity index (χ1v) is 6.91. The Kier molecular flexibility index (Phi) is 4.59. The van der Waals surface area contributed by atoms with Crippen LogP contribution in [0.4, 0.5) is 0 Å². The van der Waals surface area contributed by atoms with Gasteiger partial charge in [-0.05, 0) is 36.5 Å². The molecule has 0 bridgehead atoms. The summed E-state index contributed by atoms with van der Waals surface area (Å²) in [5, 5.41) is 0. The summed E-state index contributed by atoms with van der Waals surface area (Å²) < 4.78 is 10.9. The summed E-state index contributed by atoms with van der Waals surface area (Å²) in [7, 11) is 0. The van der Waals surface area contributed by atoms with Gasteiger partial charge in [-0.3, -0.25) is 4.79 Å². The summed E-state index contributed by atoms with van der Waals surface area (Å²) in [6.45, 7) is 7.69. The Morgan fingerprint density at radius 1 is 1.47 bits per heavy atom. The van der Waals surface area contributed by atoms with Gasteiger partial charge >= 0.3 is 0 Å². The predicted molar refractivity (Wildman–Crippen MR) is 74.7 cm³/mol. The smallest absolute Gasteiger partial charge is 0.175 e. The van der Waals surface area contributed by atoms with Gasteiger partial charge in [0.1, 0.15) is 12.4 Å². The van der Waals surface area contributed by atoms with E-state index in [1.807, 2.05) is 19.1 Å². The van der Waals surface area contributed by atoms with Crippen LogP contribution in [0.15, 0.2) is 18.2 Å². The number of ether oxygens (including phenoxy) is 2. The molecule has 0 spiro atoms. The summed E-state index contributed by atoms with van der Waals surface area (Å²) in [6.07, 6.45) is 0.827. The fourth-order valence-corrected chi connectivity index (χ4v) is 2.19. The Bertz CT molecular complexity index is 445. The Hall–Kier alpha value is -1.35. The van der Waals surface area contributed by atoms with Crippen LogP contribution >= 0.6 is 0 Å². The highest BCUT2D eigenvalue weighted by Gasteiger charge is 2.23. The van der Waals surface area contributed by atoms with Gasteiger partial charge in [0.25, 0.3) is 0 Å². The maximum absolute atomic E-state index is 11.9. The fourth-order valence-electron chi connectivity index (χ4n) is 2.19. The van der Waals surface area contributed by atoms with Crippen LogP contribution in [-0.2, 0) is 9.53 Å². The Morgan fingerprint density at radius 2 is 2.26 bits per heavy atom. The molecule has 1 aliphatic heterocycles. The minimum absolute atomic E-state index is 0.0218. The van der Waals surface area contributed by atoms with E-state index in [1.165, 1.54) is 5.56 Å². The van der Waals surface area contributed by atoms with E-state index < -0.39 is 0 Å². The summed E-state index contributed by atoms with van der Waals surface area (Å²) in [4.78, 5) is 11.9. The third kappa shape index (κ3) is 3.57. The quantitative estimate of drug-likeness (QED) is 0.818. The van der Waals surface area contributed by atoms with Crippen molar-refractivity contribution in [2.24, 2.45) is 5.92 Å². The van der Waals surface area contributed by atoms with Crippen molar-refractivity contribution in [2.75, 3.05) is 19.8 Å². The van der Waals surface area contributed by atoms with Crippen molar-refractivity contribution < 1.29 is 14.3 Å². The highest BCUT2D eigenvalue weighted by Crippen LogP contribution is 2.24. The molecule has 0 aliphatic carbocycles. The van der Waals surface area contributed by atoms with Gasteiger partial charge in [0.15, 0.2) is 5.78 Å². The van der Waals surface area contributed by atoms with E-state index in [0.29, 0.717) is 19.1 Å². The molecule has 1 aliphatic rings. The van der Waals surface area contributed by atoms with Crippen molar-refractivity contribution in [1.29, 1.82) is 0 Å². The number of benzene rings is 1. The number of Topliss-reactive ketones (excluding diaryl/α,β-unsaturated/α-hetero) is 1. The van der Waals surface area contributed by atoms with E-state index in [4.69, 9.17) is 9.47 Å². The molecule has 2 rings (SSSR count). The molecule has 0 radical (unpaired) electrons. The van der Waals surface area contributed by atoms with E-state index >= 15 is 0 Å². The van der Waals surface area contributed by atoms with E-state index in [-0.39, 0.29) is 18.3 Å². The normalized spacial score (nSPS) is 18.8. The highest BCUT2D eigenvalue weighted by atomic mass is 16.5. The molecule has 1 aromatic carbocycles. The van der Waals surface area contributed by atoms with Gasteiger partial charge in [-0.2, -0.15) is 0 Å². The van der Waals surface area contributed by atoms with Gasteiger partial charge in [-0.15, -0.1) is 0 Å². The second kappa shape index (κ2) is 6.20. The summed E-state index contributed by atoms with van der Waals surface area (Å²) in [5.74, 6) is 1.45. The van der Waals surface area contributed by atoms with E-state index in [9.17, 15) is 4.79 Å². The average Bonchev–Trinajstić information content (AvgIpc) is 2.91. The zero-order valence-corrected chi connectivity index (χ0v) is 11.9. The first-order valence-electron chi connectivity index (χ1n) is 6.91. The molecule has 1 saturated heterocycles. The molecule has 0 N–H and O–H groups in total. The summed E-state index contributed by atoms with van der Waals surface area (Å²) in [6, 6.07) is 6.20. The molecule has 0 aromatic heterocycles. The maximum atomic E-state index is 11.9. The van der Waals surface area contributed by atoms with Crippen LogP contribution in [0, 0.1) is 12.8 Å². The van der Waals surface area contributed by atoms with Gasteiger partial charge in [-0.1, -0.05) is 26.0 Å². The molecular weight excluding hydrogens is 240 g/mol. The zero-order valence-electron chi connectivity index (χ0n) is 11.9. The highest BCUT2D eigenvalue weighted by molar-refractivity contribution is 5.82. The van der Waals surface area contributed by atoms with Gasteiger partial charge in [0.05, 0.1) is 6.61 Å². The van der Waals surface area contributed by atoms with Gasteiger partial charge in [0.2, 0.25) is 0 Å². The number of aryl methyl sites for hydroxylation is 1. The molecule has 19 heavy (non-hydrogen) atoms. The first kappa shape index (κ1) is 14.1. The average molecular weight is 262 g/mol. The van der Waals surface area contributed by atoms with Crippen LogP contribution in [0.1, 0.15) is 37.3 Å². The lowest BCUT2D eigenvalue weighted by Crippen LogP contribution is -2.21. The standard InChI is InChI=1S/C16H22O3/c1-11(2)13-5-4-12(3)16(8-13)19-10-15(17)14-6-7-18-9-14/h4-5,8,11,14H,6-7,9-10H2,1-3H3. The lowest BCUT2D eigenvalue weighted by atomic mass is 10.0. The number of ketones is 1. The van der Waals surface area contributed by atoms with Crippen molar-refractivity contribution in [1.82, 2.24) is 0 Å². The molecule has 0 amide bonds. The van der Waals surface area contributed by atoms with Crippen LogP contribution in [0.2, 0.25) is 0 Å². The minimum atomic E-state index is 0.0218. The van der Waals surface area contributed by atoms with Crippen molar-refractivity contribution in [3.05, 3.63) is 29.3 Å². The topological polar surface area (TPSA) is 35.5 Å². The third-order valence-electron chi connectivity index (χ3n) is 3.63. The maximum Gasteiger partial charge on any atom is 0.175 e. The van der Waals surface area contributed by atoms with Crippen LogP contribution in [-0.4, -0.2) is 25.6 Å². The minimum Gasteiger partial charge on any atom is -0.486 e. The summed E-state index contributed by atoms with van der Waals surface area (Å²) in [5.41, 5.74) is 2.30. The molecule has 1 aromatic rings. The SMILES string of the molecule is Cc1ccc(C(C)C)cc1OCC(=O)C1CCOC1. The van der Waals surface area contributed by atoms with Crippen LogP contribution in [0.5, 0.6) is 5.75 Å². The van der Waals surface area contributed by atoms with E-state index in [0.717, 1.165) is 17.7 Å². The Labute approximate surface area is 114 Å². The molecule has 1 fully saturated rings.